The lowest BCUT2D eigenvalue weighted by Crippen LogP contribution is -2.07. The Kier molecular flexibility index (Phi) is 3.28. The molecule has 3 nitrogen and oxygen atoms in total. The van der Waals surface area contributed by atoms with E-state index in [4.69, 9.17) is 0 Å². The van der Waals surface area contributed by atoms with Crippen molar-refractivity contribution in [3.63, 3.8) is 0 Å². The van der Waals surface area contributed by atoms with Crippen molar-refractivity contribution < 1.29 is 13.0 Å². The predicted molar refractivity (Wildman–Crippen MR) is 65.7 cm³/mol. The summed E-state index contributed by atoms with van der Waals surface area (Å²) in [6, 6.07) is 5.09. The minimum absolute atomic E-state index is 0.0746. The summed E-state index contributed by atoms with van der Waals surface area (Å²) in [4.78, 5) is 0.0746. The minimum Gasteiger partial charge on any atom is -0.282 e. The van der Waals surface area contributed by atoms with Crippen LogP contribution in [0.25, 0.3) is 0 Å². The van der Waals surface area contributed by atoms with Gasteiger partial charge in [-0.15, -0.1) is 0 Å². The molecule has 2 rings (SSSR count). The maximum atomic E-state index is 11.3. The van der Waals surface area contributed by atoms with E-state index in [1.54, 1.807) is 6.07 Å². The minimum atomic E-state index is -4.10. The van der Waals surface area contributed by atoms with Gasteiger partial charge in [0, 0.05) is 5.75 Å². The van der Waals surface area contributed by atoms with Gasteiger partial charge in [0.15, 0.2) is 0 Å². The van der Waals surface area contributed by atoms with Crippen LogP contribution < -0.4 is 0 Å². The average Bonchev–Trinajstić information content (AvgIpc) is 2.68. The normalized spacial score (nSPS) is 21.2. The quantitative estimate of drug-likeness (QED) is 0.828. The van der Waals surface area contributed by atoms with Crippen LogP contribution in [0.2, 0.25) is 0 Å². The lowest BCUT2D eigenvalue weighted by Gasteiger charge is -2.13. The van der Waals surface area contributed by atoms with Crippen LogP contribution in [0.4, 0.5) is 0 Å². The molecule has 1 N–H and O–H groups in total. The molecular weight excluding hydrogens is 244 g/mol. The Morgan fingerprint density at radius 1 is 1.44 bits per heavy atom. The fourth-order valence-corrected chi connectivity index (χ4v) is 4.01. The largest absolute Gasteiger partial charge is 0.294 e. The number of hydrogen-bond acceptors (Lipinski definition) is 3. The Labute approximate surface area is 100 Å². The van der Waals surface area contributed by atoms with Crippen LogP contribution in [-0.4, -0.2) is 24.5 Å². The highest BCUT2D eigenvalue weighted by Gasteiger charge is 2.24. The monoisotopic (exact) mass is 258 g/mol. The maximum Gasteiger partial charge on any atom is 0.294 e. The third-order valence-corrected chi connectivity index (χ3v) is 4.90. The first-order chi connectivity index (χ1) is 7.48. The zero-order chi connectivity index (χ0) is 11.8. The molecule has 0 bridgehead atoms. The second-order valence-electron chi connectivity index (χ2n) is 4.08. The lowest BCUT2D eigenvalue weighted by molar-refractivity contribution is 0.481. The fraction of sp³-hybridized carbons (Fsp3) is 0.455. The topological polar surface area (TPSA) is 54.4 Å². The Morgan fingerprint density at radius 2 is 2.19 bits per heavy atom. The van der Waals surface area contributed by atoms with Crippen LogP contribution in [0.3, 0.4) is 0 Å². The van der Waals surface area contributed by atoms with Crippen LogP contribution in [0, 0.1) is 6.92 Å². The molecule has 0 spiro atoms. The van der Waals surface area contributed by atoms with Crippen LogP contribution in [-0.2, 0) is 10.1 Å². The molecule has 0 aliphatic carbocycles. The van der Waals surface area contributed by atoms with E-state index in [0.29, 0.717) is 0 Å². The molecule has 0 radical (unpaired) electrons. The first-order valence-corrected chi connectivity index (χ1v) is 7.74. The van der Waals surface area contributed by atoms with E-state index in [1.807, 2.05) is 24.8 Å². The summed E-state index contributed by atoms with van der Waals surface area (Å²) in [6.07, 6.45) is 0.983. The third-order valence-electron chi connectivity index (χ3n) is 2.81. The summed E-state index contributed by atoms with van der Waals surface area (Å²) in [7, 11) is -4.10. The lowest BCUT2D eigenvalue weighted by atomic mass is 9.97. The van der Waals surface area contributed by atoms with E-state index in [-0.39, 0.29) is 10.8 Å². The second kappa shape index (κ2) is 4.39. The van der Waals surface area contributed by atoms with E-state index < -0.39 is 10.1 Å². The molecule has 0 aromatic heterocycles. The average molecular weight is 258 g/mol. The number of hydrogen-bond donors (Lipinski definition) is 1. The van der Waals surface area contributed by atoms with Crippen molar-refractivity contribution in [3.8, 4) is 0 Å². The number of thioether (sulfide) groups is 1. The molecule has 1 aromatic rings. The number of benzene rings is 1. The highest BCUT2D eigenvalue weighted by atomic mass is 32.2. The summed E-state index contributed by atoms with van der Waals surface area (Å²) in [5.74, 6) is 2.25. The van der Waals surface area contributed by atoms with E-state index in [9.17, 15) is 13.0 Å². The number of aryl methyl sites for hydroxylation is 1. The molecular formula is C11H14O3S2. The van der Waals surface area contributed by atoms with Gasteiger partial charge in [0.25, 0.3) is 10.1 Å². The molecule has 1 fully saturated rings. The SMILES string of the molecule is Cc1ccc(S(=O)(=O)O)c([C@H]2CCSC2)c1. The molecule has 88 valence electrons. The fourth-order valence-electron chi connectivity index (χ4n) is 2.00. The molecule has 0 saturated carbocycles. The van der Waals surface area contributed by atoms with Crippen molar-refractivity contribution in [2.45, 2.75) is 24.2 Å². The van der Waals surface area contributed by atoms with Crippen molar-refractivity contribution in [2.24, 2.45) is 0 Å². The highest BCUT2D eigenvalue weighted by molar-refractivity contribution is 7.99. The van der Waals surface area contributed by atoms with Gasteiger partial charge >= 0.3 is 0 Å². The van der Waals surface area contributed by atoms with Crippen LogP contribution in [0.5, 0.6) is 0 Å². The third kappa shape index (κ3) is 2.42. The molecule has 0 amide bonds. The van der Waals surface area contributed by atoms with Gasteiger partial charge in [-0.2, -0.15) is 20.2 Å². The zero-order valence-electron chi connectivity index (χ0n) is 9.01. The molecule has 0 unspecified atom stereocenters. The van der Waals surface area contributed by atoms with E-state index in [0.717, 1.165) is 29.1 Å². The zero-order valence-corrected chi connectivity index (χ0v) is 10.6. The second-order valence-corrected chi connectivity index (χ2v) is 6.62. The summed E-state index contributed by atoms with van der Waals surface area (Å²) >= 11 is 1.83. The Morgan fingerprint density at radius 3 is 2.75 bits per heavy atom. The first-order valence-electron chi connectivity index (χ1n) is 5.14. The molecule has 16 heavy (non-hydrogen) atoms. The molecule has 5 heteroatoms. The Hall–Kier alpha value is -0.520. The molecule has 1 aliphatic rings. The van der Waals surface area contributed by atoms with Gasteiger partial charge in [-0.3, -0.25) is 4.55 Å². The standard InChI is InChI=1S/C11H14O3S2/c1-8-2-3-11(16(12,13)14)10(6-8)9-4-5-15-7-9/h2-3,6,9H,4-5,7H2,1H3,(H,12,13,14)/t9-/m0/s1. The van der Waals surface area contributed by atoms with Gasteiger partial charge in [-0.1, -0.05) is 17.7 Å². The van der Waals surface area contributed by atoms with Crippen LogP contribution in [0.15, 0.2) is 23.1 Å². The van der Waals surface area contributed by atoms with Gasteiger partial charge in [0.2, 0.25) is 0 Å². The van der Waals surface area contributed by atoms with Gasteiger partial charge in [-0.25, -0.2) is 0 Å². The molecule has 1 heterocycles. The smallest absolute Gasteiger partial charge is 0.282 e. The van der Waals surface area contributed by atoms with Crippen LogP contribution in [0.1, 0.15) is 23.5 Å². The van der Waals surface area contributed by atoms with Crippen LogP contribution >= 0.6 is 11.8 Å². The number of rotatable bonds is 2. The van der Waals surface area contributed by atoms with Crippen molar-refractivity contribution >= 4 is 21.9 Å². The van der Waals surface area contributed by atoms with Gasteiger partial charge in [0.1, 0.15) is 0 Å². The Bertz CT molecular complexity index is 488. The molecule has 1 atom stereocenters. The summed E-state index contributed by atoms with van der Waals surface area (Å²) < 4.78 is 31.7. The van der Waals surface area contributed by atoms with Crippen molar-refractivity contribution in [1.29, 1.82) is 0 Å². The van der Waals surface area contributed by atoms with Crippen molar-refractivity contribution in [2.75, 3.05) is 11.5 Å². The maximum absolute atomic E-state index is 11.3. The summed E-state index contributed by atoms with van der Waals surface area (Å²) in [5, 5.41) is 0. The summed E-state index contributed by atoms with van der Waals surface area (Å²) in [6.45, 7) is 1.93. The summed E-state index contributed by atoms with van der Waals surface area (Å²) in [5.41, 5.74) is 1.80. The van der Waals surface area contributed by atoms with Gasteiger partial charge in [-0.05, 0) is 36.6 Å². The molecule has 1 aliphatic heterocycles. The van der Waals surface area contributed by atoms with Crippen molar-refractivity contribution in [3.05, 3.63) is 29.3 Å². The molecule has 1 saturated heterocycles. The Balaban J connectivity index is 2.52. The predicted octanol–water partition coefficient (Wildman–Crippen LogP) is 2.46. The van der Waals surface area contributed by atoms with Gasteiger partial charge in [0.05, 0.1) is 4.90 Å². The van der Waals surface area contributed by atoms with E-state index in [2.05, 4.69) is 0 Å². The molecule has 1 aromatic carbocycles. The first kappa shape index (κ1) is 12.0. The van der Waals surface area contributed by atoms with E-state index >= 15 is 0 Å². The van der Waals surface area contributed by atoms with E-state index in [1.165, 1.54) is 6.07 Å². The highest BCUT2D eigenvalue weighted by Crippen LogP contribution is 2.36. The van der Waals surface area contributed by atoms with Gasteiger partial charge < -0.3 is 0 Å². The van der Waals surface area contributed by atoms with Crippen molar-refractivity contribution in [1.82, 2.24) is 0 Å².